The summed E-state index contributed by atoms with van der Waals surface area (Å²) in [5, 5.41) is 18.3. The minimum atomic E-state index is -0.0595. The van der Waals surface area contributed by atoms with Crippen LogP contribution >= 0.6 is 0 Å². The highest BCUT2D eigenvalue weighted by molar-refractivity contribution is 5.61. The number of hydrogen-bond donors (Lipinski definition) is 2. The highest BCUT2D eigenvalue weighted by Gasteiger charge is 2.09. The molecule has 0 saturated carbocycles. The molecule has 0 saturated heterocycles. The zero-order valence-electron chi connectivity index (χ0n) is 9.09. The van der Waals surface area contributed by atoms with E-state index in [1.807, 2.05) is 29.9 Å². The molecule has 1 heterocycles. The van der Waals surface area contributed by atoms with Gasteiger partial charge in [0.1, 0.15) is 5.82 Å². The Hall–Kier alpha value is -1.65. The zero-order chi connectivity index (χ0) is 11.5. The van der Waals surface area contributed by atoms with E-state index in [9.17, 15) is 5.11 Å². The Balaban J connectivity index is 2.53. The van der Waals surface area contributed by atoms with Crippen molar-refractivity contribution in [2.24, 2.45) is 7.05 Å². The second kappa shape index (κ2) is 4.47. The Morgan fingerprint density at radius 2 is 2.06 bits per heavy atom. The van der Waals surface area contributed by atoms with E-state index >= 15 is 0 Å². The van der Waals surface area contributed by atoms with E-state index in [4.69, 9.17) is 5.11 Å². The predicted molar refractivity (Wildman–Crippen MR) is 60.5 cm³/mol. The monoisotopic (exact) mass is 218 g/mol. The van der Waals surface area contributed by atoms with Gasteiger partial charge in [0.25, 0.3) is 0 Å². The van der Waals surface area contributed by atoms with Gasteiger partial charge >= 0.3 is 0 Å². The first-order valence-electron chi connectivity index (χ1n) is 5.07. The van der Waals surface area contributed by atoms with Crippen molar-refractivity contribution in [3.05, 3.63) is 41.7 Å². The van der Waals surface area contributed by atoms with Crippen LogP contribution in [-0.2, 0) is 20.3 Å². The van der Waals surface area contributed by atoms with E-state index in [1.165, 1.54) is 0 Å². The van der Waals surface area contributed by atoms with Gasteiger partial charge in [-0.3, -0.25) is 0 Å². The minimum Gasteiger partial charge on any atom is -0.392 e. The smallest absolute Gasteiger partial charge is 0.139 e. The first kappa shape index (κ1) is 10.9. The second-order valence-corrected chi connectivity index (χ2v) is 3.67. The molecule has 0 amide bonds. The molecule has 2 N–H and O–H groups in total. The molecule has 0 radical (unpaired) electrons. The van der Waals surface area contributed by atoms with Crippen LogP contribution in [0.5, 0.6) is 0 Å². The Kier molecular flexibility index (Phi) is 3.03. The average molecular weight is 218 g/mol. The summed E-state index contributed by atoms with van der Waals surface area (Å²) in [6.45, 7) is -0.0795. The van der Waals surface area contributed by atoms with Crippen molar-refractivity contribution >= 4 is 0 Å². The summed E-state index contributed by atoms with van der Waals surface area (Å²) in [6.07, 6.45) is 3.58. The maximum absolute atomic E-state index is 9.31. The summed E-state index contributed by atoms with van der Waals surface area (Å²) < 4.78 is 1.90. The number of hydrogen-bond acceptors (Lipinski definition) is 3. The van der Waals surface area contributed by atoms with Gasteiger partial charge in [0.15, 0.2) is 0 Å². The number of imidazole rings is 1. The molecule has 4 heteroatoms. The topological polar surface area (TPSA) is 58.3 Å². The lowest BCUT2D eigenvalue weighted by molar-refractivity contribution is 0.275. The third-order valence-corrected chi connectivity index (χ3v) is 2.58. The molecule has 0 atom stereocenters. The standard InChI is InChI=1S/C12H14N2O2/c1-14-5-4-13-12(14)11-3-2-9(7-15)6-10(11)8-16/h2-6,15-16H,7-8H2,1H3. The van der Waals surface area contributed by atoms with Crippen molar-refractivity contribution < 1.29 is 10.2 Å². The normalized spacial score (nSPS) is 10.7. The SMILES string of the molecule is Cn1ccnc1-c1ccc(CO)cc1CO. The molecular formula is C12H14N2O2. The molecular weight excluding hydrogens is 204 g/mol. The van der Waals surface area contributed by atoms with Gasteiger partial charge in [0.05, 0.1) is 13.2 Å². The van der Waals surface area contributed by atoms with Gasteiger partial charge < -0.3 is 14.8 Å². The van der Waals surface area contributed by atoms with E-state index in [0.29, 0.717) is 0 Å². The molecule has 1 aromatic heterocycles. The largest absolute Gasteiger partial charge is 0.392 e. The van der Waals surface area contributed by atoms with Crippen molar-refractivity contribution in [1.82, 2.24) is 9.55 Å². The van der Waals surface area contributed by atoms with Crippen molar-refractivity contribution in [3.8, 4) is 11.4 Å². The van der Waals surface area contributed by atoms with Gasteiger partial charge in [-0.25, -0.2) is 4.98 Å². The lowest BCUT2D eigenvalue weighted by atomic mass is 10.0. The van der Waals surface area contributed by atoms with E-state index in [0.717, 1.165) is 22.5 Å². The summed E-state index contributed by atoms with van der Waals surface area (Å²) >= 11 is 0. The van der Waals surface area contributed by atoms with E-state index in [2.05, 4.69) is 4.98 Å². The van der Waals surface area contributed by atoms with Gasteiger partial charge in [-0.2, -0.15) is 0 Å². The number of aliphatic hydroxyl groups is 2. The quantitative estimate of drug-likeness (QED) is 0.810. The Morgan fingerprint density at radius 1 is 1.25 bits per heavy atom. The maximum Gasteiger partial charge on any atom is 0.139 e. The molecule has 0 spiro atoms. The fraction of sp³-hybridized carbons (Fsp3) is 0.250. The Labute approximate surface area is 93.8 Å². The molecule has 0 aliphatic carbocycles. The third-order valence-electron chi connectivity index (χ3n) is 2.58. The predicted octanol–water partition coefficient (Wildman–Crippen LogP) is 1.07. The van der Waals surface area contributed by atoms with Crippen molar-refractivity contribution in [3.63, 3.8) is 0 Å². The number of nitrogens with zero attached hydrogens (tertiary/aromatic N) is 2. The number of aryl methyl sites for hydroxylation is 1. The fourth-order valence-electron chi connectivity index (χ4n) is 1.72. The van der Waals surface area contributed by atoms with E-state index < -0.39 is 0 Å². The molecule has 1 aromatic carbocycles. The minimum absolute atomic E-state index is 0.0200. The van der Waals surface area contributed by atoms with Crippen LogP contribution in [0.15, 0.2) is 30.6 Å². The molecule has 0 aliphatic heterocycles. The lowest BCUT2D eigenvalue weighted by Crippen LogP contribution is -1.98. The zero-order valence-corrected chi connectivity index (χ0v) is 9.09. The van der Waals surface area contributed by atoms with Gasteiger partial charge in [-0.15, -0.1) is 0 Å². The summed E-state index contributed by atoms with van der Waals surface area (Å²) in [7, 11) is 1.91. The number of rotatable bonds is 3. The fourth-order valence-corrected chi connectivity index (χ4v) is 1.72. The molecule has 0 aliphatic rings. The van der Waals surface area contributed by atoms with Crippen LogP contribution in [0.25, 0.3) is 11.4 Å². The first-order chi connectivity index (χ1) is 7.76. The second-order valence-electron chi connectivity index (χ2n) is 3.67. The first-order valence-corrected chi connectivity index (χ1v) is 5.07. The molecule has 4 nitrogen and oxygen atoms in total. The highest BCUT2D eigenvalue weighted by atomic mass is 16.3. The summed E-state index contributed by atoms with van der Waals surface area (Å²) in [5.74, 6) is 0.813. The molecule has 0 fully saturated rings. The van der Waals surface area contributed by atoms with Crippen LogP contribution in [0, 0.1) is 0 Å². The number of aromatic nitrogens is 2. The van der Waals surface area contributed by atoms with Crippen LogP contribution in [0.1, 0.15) is 11.1 Å². The van der Waals surface area contributed by atoms with Gasteiger partial charge in [0, 0.05) is 25.0 Å². The van der Waals surface area contributed by atoms with Crippen molar-refractivity contribution in [1.29, 1.82) is 0 Å². The molecule has 84 valence electrons. The molecule has 2 aromatic rings. The van der Waals surface area contributed by atoms with Crippen LogP contribution < -0.4 is 0 Å². The van der Waals surface area contributed by atoms with Gasteiger partial charge in [-0.1, -0.05) is 18.2 Å². The van der Waals surface area contributed by atoms with E-state index in [1.54, 1.807) is 12.3 Å². The average Bonchev–Trinajstić information content (AvgIpc) is 2.74. The van der Waals surface area contributed by atoms with Gasteiger partial charge in [0.2, 0.25) is 0 Å². The van der Waals surface area contributed by atoms with Crippen molar-refractivity contribution in [2.45, 2.75) is 13.2 Å². The highest BCUT2D eigenvalue weighted by Crippen LogP contribution is 2.23. The Morgan fingerprint density at radius 3 is 2.62 bits per heavy atom. The lowest BCUT2D eigenvalue weighted by Gasteiger charge is -2.09. The van der Waals surface area contributed by atoms with Crippen LogP contribution in [0.3, 0.4) is 0 Å². The molecule has 0 bridgehead atoms. The van der Waals surface area contributed by atoms with Crippen LogP contribution in [-0.4, -0.2) is 19.8 Å². The maximum atomic E-state index is 9.31. The van der Waals surface area contributed by atoms with Gasteiger partial charge in [-0.05, 0) is 11.1 Å². The number of benzene rings is 1. The third kappa shape index (κ3) is 1.85. The van der Waals surface area contributed by atoms with Crippen LogP contribution in [0.2, 0.25) is 0 Å². The summed E-state index contributed by atoms with van der Waals surface area (Å²) in [5.41, 5.74) is 2.47. The summed E-state index contributed by atoms with van der Waals surface area (Å²) in [4.78, 5) is 4.24. The summed E-state index contributed by atoms with van der Waals surface area (Å²) in [6, 6.07) is 5.51. The van der Waals surface area contributed by atoms with E-state index in [-0.39, 0.29) is 13.2 Å². The molecule has 0 unspecified atom stereocenters. The Bertz CT molecular complexity index is 492. The molecule has 2 rings (SSSR count). The number of aliphatic hydroxyl groups excluding tert-OH is 2. The van der Waals surface area contributed by atoms with Crippen LogP contribution in [0.4, 0.5) is 0 Å². The molecule has 16 heavy (non-hydrogen) atoms. The van der Waals surface area contributed by atoms with Crippen molar-refractivity contribution in [2.75, 3.05) is 0 Å².